The summed E-state index contributed by atoms with van der Waals surface area (Å²) in [5, 5.41) is 27.6. The van der Waals surface area contributed by atoms with Crippen LogP contribution in [0.25, 0.3) is 10.1 Å². The van der Waals surface area contributed by atoms with Gasteiger partial charge in [-0.3, -0.25) is 4.90 Å². The average Bonchev–Trinajstić information content (AvgIpc) is 3.40. The lowest BCUT2D eigenvalue weighted by Crippen LogP contribution is -2.50. The van der Waals surface area contributed by atoms with Crippen molar-refractivity contribution in [2.45, 2.75) is 57.3 Å². The molecule has 1 saturated heterocycles. The fourth-order valence-electron chi connectivity index (χ4n) is 4.70. The molecule has 4 rings (SSSR count). The number of aliphatic hydroxyl groups is 1. The van der Waals surface area contributed by atoms with E-state index in [9.17, 15) is 10.4 Å². The Morgan fingerprint density at radius 3 is 2.81 bits per heavy atom. The van der Waals surface area contributed by atoms with Gasteiger partial charge in [-0.25, -0.2) is 0 Å². The number of benzene rings is 2. The van der Waals surface area contributed by atoms with Crippen LogP contribution in [-0.4, -0.2) is 40.8 Å². The first-order chi connectivity index (χ1) is 15.0. The van der Waals surface area contributed by atoms with E-state index < -0.39 is 6.10 Å². The van der Waals surface area contributed by atoms with Crippen molar-refractivity contribution in [2.24, 2.45) is 0 Å². The summed E-state index contributed by atoms with van der Waals surface area (Å²) in [6, 6.07) is 18.7. The molecule has 5 heteroatoms. The predicted octanol–water partition coefficient (Wildman–Crippen LogP) is 4.71. The molecule has 0 bridgehead atoms. The monoisotopic (exact) mass is 433 g/mol. The molecule has 1 aromatic heterocycles. The zero-order valence-electron chi connectivity index (χ0n) is 18.3. The third-order valence-electron chi connectivity index (χ3n) is 6.35. The van der Waals surface area contributed by atoms with Crippen LogP contribution in [0.15, 0.2) is 53.9 Å². The summed E-state index contributed by atoms with van der Waals surface area (Å²) >= 11 is 1.80. The molecule has 31 heavy (non-hydrogen) atoms. The Kier molecular flexibility index (Phi) is 6.74. The van der Waals surface area contributed by atoms with Gasteiger partial charge >= 0.3 is 0 Å². The molecule has 0 amide bonds. The second-order valence-electron chi connectivity index (χ2n) is 9.22. The molecule has 2 heterocycles. The average molecular weight is 434 g/mol. The summed E-state index contributed by atoms with van der Waals surface area (Å²) in [6.07, 6.45) is 2.57. The summed E-state index contributed by atoms with van der Waals surface area (Å²) in [5.41, 5.74) is 3.02. The molecular weight excluding hydrogens is 402 g/mol. The fourth-order valence-corrected chi connectivity index (χ4v) is 5.66. The van der Waals surface area contributed by atoms with E-state index in [2.05, 4.69) is 59.8 Å². The number of aliphatic hydroxyl groups excluding tert-OH is 1. The molecule has 3 aromatic rings. The second-order valence-corrected chi connectivity index (χ2v) is 10.1. The minimum Gasteiger partial charge on any atom is -0.390 e. The van der Waals surface area contributed by atoms with Crippen molar-refractivity contribution >= 4 is 21.4 Å². The number of hydrogen-bond acceptors (Lipinski definition) is 5. The third-order valence-corrected chi connectivity index (χ3v) is 7.37. The summed E-state index contributed by atoms with van der Waals surface area (Å²) < 4.78 is 1.33. The van der Waals surface area contributed by atoms with Gasteiger partial charge in [0, 0.05) is 29.4 Å². The minimum atomic E-state index is -0.435. The molecule has 1 aliphatic heterocycles. The zero-order valence-corrected chi connectivity index (χ0v) is 19.2. The molecule has 2 N–H and O–H groups in total. The predicted molar refractivity (Wildman–Crippen MR) is 128 cm³/mol. The third kappa shape index (κ3) is 5.16. The van der Waals surface area contributed by atoms with E-state index in [-0.39, 0.29) is 11.6 Å². The molecule has 1 aliphatic rings. The largest absolute Gasteiger partial charge is 0.390 e. The Hall–Kier alpha value is -2.23. The second kappa shape index (κ2) is 9.50. The van der Waals surface area contributed by atoms with E-state index in [1.807, 2.05) is 24.3 Å². The maximum Gasteiger partial charge on any atom is 0.0995 e. The summed E-state index contributed by atoms with van der Waals surface area (Å²) in [4.78, 5) is 2.34. The van der Waals surface area contributed by atoms with Crippen molar-refractivity contribution in [3.63, 3.8) is 0 Å². The fraction of sp³-hybridized carbons (Fsp3) is 0.423. The molecule has 2 aromatic carbocycles. The number of nitrogens with one attached hydrogen (secondary N) is 1. The highest BCUT2D eigenvalue weighted by Gasteiger charge is 2.32. The smallest absolute Gasteiger partial charge is 0.0995 e. The van der Waals surface area contributed by atoms with E-state index >= 15 is 0 Å². The van der Waals surface area contributed by atoms with E-state index in [4.69, 9.17) is 0 Å². The molecule has 0 saturated carbocycles. The molecule has 162 valence electrons. The number of thiophene rings is 1. The van der Waals surface area contributed by atoms with Crippen molar-refractivity contribution < 1.29 is 5.11 Å². The number of nitrogens with zero attached hydrogens (tertiary/aromatic N) is 2. The molecule has 1 fully saturated rings. The molecule has 0 spiro atoms. The maximum atomic E-state index is 11.0. The van der Waals surface area contributed by atoms with Crippen LogP contribution in [0.4, 0.5) is 0 Å². The van der Waals surface area contributed by atoms with E-state index in [1.54, 1.807) is 11.3 Å². The minimum absolute atomic E-state index is 0.109. The zero-order chi connectivity index (χ0) is 21.8. The Labute approximate surface area is 189 Å². The van der Waals surface area contributed by atoms with Crippen molar-refractivity contribution in [1.82, 2.24) is 10.2 Å². The first-order valence-electron chi connectivity index (χ1n) is 11.1. The molecule has 0 aliphatic carbocycles. The van der Waals surface area contributed by atoms with Crippen molar-refractivity contribution in [3.8, 4) is 6.07 Å². The van der Waals surface area contributed by atoms with Crippen molar-refractivity contribution in [2.75, 3.05) is 13.1 Å². The quantitative estimate of drug-likeness (QED) is 0.540. The number of hydrogen-bond donors (Lipinski definition) is 2. The van der Waals surface area contributed by atoms with Gasteiger partial charge in [-0.15, -0.1) is 11.3 Å². The SMILES string of the molecule is CC(C)(Cc1csc2ccccc12)NC[C@@H](O)C1CCCN1Cc1ccccc1C#N. The lowest BCUT2D eigenvalue weighted by atomic mass is 9.94. The lowest BCUT2D eigenvalue weighted by molar-refractivity contribution is 0.0633. The van der Waals surface area contributed by atoms with Crippen LogP contribution in [0.5, 0.6) is 0 Å². The molecule has 4 nitrogen and oxygen atoms in total. The normalized spacial score (nSPS) is 18.3. The first-order valence-corrected chi connectivity index (χ1v) is 11.9. The highest BCUT2D eigenvalue weighted by molar-refractivity contribution is 7.17. The lowest BCUT2D eigenvalue weighted by Gasteiger charge is -2.33. The van der Waals surface area contributed by atoms with Gasteiger partial charge in [-0.1, -0.05) is 36.4 Å². The van der Waals surface area contributed by atoms with Gasteiger partial charge in [-0.05, 0) is 73.7 Å². The van der Waals surface area contributed by atoms with Gasteiger partial charge in [0.05, 0.1) is 17.7 Å². The summed E-state index contributed by atoms with van der Waals surface area (Å²) in [7, 11) is 0. The van der Waals surface area contributed by atoms with Crippen LogP contribution in [0.1, 0.15) is 43.4 Å². The van der Waals surface area contributed by atoms with Crippen LogP contribution >= 0.6 is 11.3 Å². The Balaban J connectivity index is 1.36. The van der Waals surface area contributed by atoms with Gasteiger partial charge in [0.1, 0.15) is 0 Å². The Morgan fingerprint density at radius 1 is 1.19 bits per heavy atom. The number of rotatable bonds is 8. The maximum absolute atomic E-state index is 11.0. The van der Waals surface area contributed by atoms with Gasteiger partial charge in [-0.2, -0.15) is 5.26 Å². The number of β-amino-alcohol motifs (C(OH)–C–C–N with tert-alkyl or cyclic N) is 1. The van der Waals surface area contributed by atoms with Gasteiger partial charge in [0.15, 0.2) is 0 Å². The standard InChI is InChI=1S/C26H31N3OS/c1-26(2,14-21-18-31-25-12-6-5-10-22(21)25)28-16-24(30)23-11-7-13-29(23)17-20-9-4-3-8-19(20)15-27/h3-6,8-10,12,18,23-24,28,30H,7,11,13-14,16-17H2,1-2H3/t23?,24-/m1/s1. The van der Waals surface area contributed by atoms with Crippen LogP contribution in [0.2, 0.25) is 0 Å². The van der Waals surface area contributed by atoms with Gasteiger partial charge in [0.2, 0.25) is 0 Å². The van der Waals surface area contributed by atoms with Crippen molar-refractivity contribution in [3.05, 3.63) is 70.6 Å². The van der Waals surface area contributed by atoms with Gasteiger partial charge in [0.25, 0.3) is 0 Å². The number of likely N-dealkylation sites (tertiary alicyclic amines) is 1. The first kappa shape index (κ1) is 22.0. The Bertz CT molecular complexity index is 1070. The number of fused-ring (bicyclic) bond motifs is 1. The molecule has 2 atom stereocenters. The van der Waals surface area contributed by atoms with E-state index in [1.165, 1.54) is 15.6 Å². The van der Waals surface area contributed by atoms with Crippen LogP contribution < -0.4 is 5.32 Å². The summed E-state index contributed by atoms with van der Waals surface area (Å²) in [6.45, 7) is 6.67. The van der Waals surface area contributed by atoms with Crippen molar-refractivity contribution in [1.29, 1.82) is 5.26 Å². The van der Waals surface area contributed by atoms with E-state index in [0.717, 1.165) is 43.5 Å². The highest BCUT2D eigenvalue weighted by atomic mass is 32.1. The molecular formula is C26H31N3OS. The number of nitriles is 1. The van der Waals surface area contributed by atoms with Crippen LogP contribution in [0, 0.1) is 11.3 Å². The summed E-state index contributed by atoms with van der Waals surface area (Å²) in [5.74, 6) is 0. The van der Waals surface area contributed by atoms with Gasteiger partial charge < -0.3 is 10.4 Å². The van der Waals surface area contributed by atoms with Crippen LogP contribution in [-0.2, 0) is 13.0 Å². The molecule has 0 radical (unpaired) electrons. The highest BCUT2D eigenvalue weighted by Crippen LogP contribution is 2.29. The van der Waals surface area contributed by atoms with Crippen LogP contribution in [0.3, 0.4) is 0 Å². The molecule has 1 unspecified atom stereocenters. The topological polar surface area (TPSA) is 59.3 Å². The van der Waals surface area contributed by atoms with E-state index in [0.29, 0.717) is 6.54 Å². The Morgan fingerprint density at radius 2 is 1.97 bits per heavy atom.